The highest BCUT2D eigenvalue weighted by molar-refractivity contribution is 7.22. The third-order valence-electron chi connectivity index (χ3n) is 18.8. The van der Waals surface area contributed by atoms with Crippen LogP contribution in [0.4, 0.5) is 0 Å². The topological polar surface area (TPSA) is 0 Å². The van der Waals surface area contributed by atoms with Crippen molar-refractivity contribution in [3.05, 3.63) is 326 Å². The summed E-state index contributed by atoms with van der Waals surface area (Å²) in [6.45, 7) is 10.3. The summed E-state index contributed by atoms with van der Waals surface area (Å²) < 4.78 is 0. The second kappa shape index (κ2) is 19.2. The summed E-state index contributed by atoms with van der Waals surface area (Å²) in [5, 5.41) is 16.3. The van der Waals surface area contributed by atoms with Crippen LogP contribution in [-0.2, 0) is 10.8 Å². The van der Waals surface area contributed by atoms with Gasteiger partial charge < -0.3 is 0 Å². The fraction of sp³-hybridized carbons (Fsp3) is 0.0750. The van der Waals surface area contributed by atoms with Crippen molar-refractivity contribution in [3.63, 3.8) is 0 Å². The Balaban J connectivity index is 1.19. The van der Waals surface area contributed by atoms with Gasteiger partial charge in [-0.1, -0.05) is 307 Å². The molecule has 0 saturated heterocycles. The molecule has 2 heteroatoms. The Labute approximate surface area is 484 Å². The molecular formula is C80H62Si2. The molecule has 0 spiro atoms. The van der Waals surface area contributed by atoms with Gasteiger partial charge in [-0.15, -0.1) is 0 Å². The summed E-state index contributed by atoms with van der Waals surface area (Å²) in [7, 11) is -6.79. The Bertz CT molecular complexity index is 4220. The van der Waals surface area contributed by atoms with Crippen LogP contribution in [-0.4, -0.2) is 16.1 Å². The van der Waals surface area contributed by atoms with E-state index in [1.54, 1.807) is 0 Å². The van der Waals surface area contributed by atoms with E-state index in [2.05, 4.69) is 331 Å². The van der Waals surface area contributed by atoms with Crippen LogP contribution < -0.4 is 41.5 Å². The van der Waals surface area contributed by atoms with E-state index in [4.69, 9.17) is 0 Å². The van der Waals surface area contributed by atoms with E-state index in [1.165, 1.54) is 130 Å². The Kier molecular flexibility index (Phi) is 11.7. The number of hydrogen-bond donors (Lipinski definition) is 0. The van der Waals surface area contributed by atoms with Gasteiger partial charge in [0.15, 0.2) is 16.1 Å². The van der Waals surface area contributed by atoms with Gasteiger partial charge in [0.25, 0.3) is 0 Å². The first-order valence-electron chi connectivity index (χ1n) is 29.1. The molecule has 0 bridgehead atoms. The molecule has 15 rings (SSSR count). The van der Waals surface area contributed by atoms with E-state index >= 15 is 0 Å². The molecule has 82 heavy (non-hydrogen) atoms. The first-order valence-corrected chi connectivity index (χ1v) is 33.1. The molecule has 13 aromatic carbocycles. The van der Waals surface area contributed by atoms with Crippen LogP contribution in [0.15, 0.2) is 303 Å². The first kappa shape index (κ1) is 49.8. The molecule has 0 aromatic heterocycles. The van der Waals surface area contributed by atoms with Crippen LogP contribution in [0.2, 0.25) is 0 Å². The van der Waals surface area contributed by atoms with Crippen molar-refractivity contribution in [1.82, 2.24) is 0 Å². The van der Waals surface area contributed by atoms with Gasteiger partial charge >= 0.3 is 0 Å². The average molecular weight is 1080 g/mol. The normalized spacial score (nSPS) is 13.8. The average Bonchev–Trinajstić information content (AvgIpc) is 1.68. The van der Waals surface area contributed by atoms with Crippen molar-refractivity contribution in [1.29, 1.82) is 0 Å². The summed E-state index contributed by atoms with van der Waals surface area (Å²) >= 11 is 0. The largest absolute Gasteiger partial charge is 0.180 e. The Hall–Kier alpha value is -9.19. The second-order valence-electron chi connectivity index (χ2n) is 23.8. The van der Waals surface area contributed by atoms with Gasteiger partial charge in [-0.2, -0.15) is 0 Å². The minimum Gasteiger partial charge on any atom is -0.0623 e. The quantitative estimate of drug-likeness (QED) is 0.0946. The Morgan fingerprint density at radius 2 is 0.488 bits per heavy atom. The van der Waals surface area contributed by atoms with E-state index in [9.17, 15) is 0 Å². The lowest BCUT2D eigenvalue weighted by atomic mass is 9.77. The first-order chi connectivity index (χ1) is 40.2. The van der Waals surface area contributed by atoms with E-state index in [1.807, 2.05) is 0 Å². The van der Waals surface area contributed by atoms with Gasteiger partial charge in [-0.25, -0.2) is 0 Å². The van der Waals surface area contributed by atoms with Crippen molar-refractivity contribution < 1.29 is 0 Å². The molecule has 13 aromatic rings. The Morgan fingerprint density at radius 1 is 0.232 bits per heavy atom. The van der Waals surface area contributed by atoms with Crippen molar-refractivity contribution in [2.24, 2.45) is 0 Å². The minimum absolute atomic E-state index is 0.488. The Morgan fingerprint density at radius 3 is 0.805 bits per heavy atom. The van der Waals surface area contributed by atoms with Crippen LogP contribution in [0.1, 0.15) is 49.9 Å². The summed E-state index contributed by atoms with van der Waals surface area (Å²) in [5.41, 5.74) is 15.1. The zero-order valence-corrected chi connectivity index (χ0v) is 48.9. The highest BCUT2D eigenvalue weighted by Gasteiger charge is 2.58. The molecule has 0 fully saturated rings. The zero-order chi connectivity index (χ0) is 55.2. The summed E-state index contributed by atoms with van der Waals surface area (Å²) in [5.74, 6) is 0. The fourth-order valence-corrected chi connectivity index (χ4v) is 26.0. The smallest absolute Gasteiger partial charge is 0.0623 e. The number of rotatable bonds is 10. The molecule has 0 unspecified atom stereocenters. The maximum absolute atomic E-state index is 3.40. The lowest BCUT2D eigenvalue weighted by Crippen LogP contribution is -2.78. The van der Waals surface area contributed by atoms with Gasteiger partial charge in [-0.05, 0) is 154 Å². The maximum Gasteiger partial charge on any atom is 0.180 e. The molecule has 2 aliphatic rings. The third-order valence-corrected chi connectivity index (χ3v) is 28.5. The molecule has 0 nitrogen and oxygen atoms in total. The van der Waals surface area contributed by atoms with Crippen LogP contribution in [0.5, 0.6) is 0 Å². The monoisotopic (exact) mass is 1080 g/mol. The molecule has 390 valence electrons. The molecule has 2 aliphatic carbocycles. The van der Waals surface area contributed by atoms with E-state index in [0.29, 0.717) is 0 Å². The SMILES string of the molecule is CC1(C)c2cc(-c3ccc4ccccc4c3)ccc2-c2c1c([Si](c1ccccc1)(c1ccccc1)c1ccccc1)c1c(c2[Si](c2ccccc2)(c2ccccc2)c2ccccc2)-c2ccc(-c3ccc4ccccc4c3)cc2C1(C)C. The molecule has 0 amide bonds. The molecular weight excluding hydrogens is 1020 g/mol. The molecule has 0 aliphatic heterocycles. The highest BCUT2D eigenvalue weighted by Crippen LogP contribution is 2.57. The molecule has 0 atom stereocenters. The summed E-state index contributed by atoms with van der Waals surface area (Å²) in [6, 6.07) is 117. The standard InChI is InChI=1S/C80H62Si2/c1-79(2)71-53-61(59-45-43-55-27-23-25-29-57(55)51-59)47-49-69(71)73-75(79)78(82(66-37-17-8-18-38-66,67-39-19-9-20-40-67)68-41-21-10-22-42-68)76-74(70-50-48-62(54-72(70)80(76,3)4)60-46-44-56-28-24-26-30-58(56)52-60)77(73)81(63-31-11-5-12-32-63,64-33-13-6-14-34-64)65-35-15-7-16-36-65/h5-54H,1-4H3. The second-order valence-corrected chi connectivity index (χ2v) is 31.3. The lowest BCUT2D eigenvalue weighted by molar-refractivity contribution is 0.647. The summed E-state index contributed by atoms with van der Waals surface area (Å²) in [6.07, 6.45) is 0. The lowest BCUT2D eigenvalue weighted by Gasteiger charge is -2.45. The highest BCUT2D eigenvalue weighted by atomic mass is 28.3. The molecule has 0 heterocycles. The molecule has 0 saturated carbocycles. The van der Waals surface area contributed by atoms with Gasteiger partial charge in [0, 0.05) is 10.8 Å². The predicted molar refractivity (Wildman–Crippen MR) is 355 cm³/mol. The number of benzene rings is 13. The summed E-state index contributed by atoms with van der Waals surface area (Å²) in [4.78, 5) is 0. The van der Waals surface area contributed by atoms with Crippen molar-refractivity contribution in [3.8, 4) is 44.5 Å². The third kappa shape index (κ3) is 7.34. The van der Waals surface area contributed by atoms with Crippen molar-refractivity contribution in [2.45, 2.75) is 38.5 Å². The van der Waals surface area contributed by atoms with Gasteiger partial charge in [0.2, 0.25) is 0 Å². The van der Waals surface area contributed by atoms with Crippen LogP contribution in [0.25, 0.3) is 66.1 Å². The van der Waals surface area contributed by atoms with E-state index in [0.717, 1.165) is 0 Å². The molecule has 0 radical (unpaired) electrons. The van der Waals surface area contributed by atoms with E-state index < -0.39 is 27.0 Å². The minimum atomic E-state index is -3.40. The maximum atomic E-state index is 2.58. The number of fused-ring (bicyclic) bond motifs is 8. The van der Waals surface area contributed by atoms with Gasteiger partial charge in [-0.3, -0.25) is 0 Å². The van der Waals surface area contributed by atoms with Gasteiger partial charge in [0.05, 0.1) is 0 Å². The molecule has 0 N–H and O–H groups in total. The van der Waals surface area contributed by atoms with E-state index in [-0.39, 0.29) is 0 Å². The number of hydrogen-bond acceptors (Lipinski definition) is 0. The van der Waals surface area contributed by atoms with Crippen molar-refractivity contribution >= 4 is 79.2 Å². The van der Waals surface area contributed by atoms with Gasteiger partial charge in [0.1, 0.15) is 0 Å². The van der Waals surface area contributed by atoms with Crippen LogP contribution in [0, 0.1) is 0 Å². The van der Waals surface area contributed by atoms with Crippen LogP contribution >= 0.6 is 0 Å². The zero-order valence-electron chi connectivity index (χ0n) is 46.9. The fourth-order valence-electron chi connectivity index (χ4n) is 15.2. The van der Waals surface area contributed by atoms with Crippen LogP contribution in [0.3, 0.4) is 0 Å². The predicted octanol–water partition coefficient (Wildman–Crippen LogP) is 14.7. The van der Waals surface area contributed by atoms with Crippen molar-refractivity contribution in [2.75, 3.05) is 0 Å².